The molecule has 1 N–H and O–H groups in total. The van der Waals surface area contributed by atoms with Crippen LogP contribution in [0.4, 0.5) is 0 Å². The lowest BCUT2D eigenvalue weighted by Crippen LogP contribution is -2.35. The van der Waals surface area contributed by atoms with E-state index in [1.807, 2.05) is 65.6 Å². The molecule has 1 saturated heterocycles. The van der Waals surface area contributed by atoms with Gasteiger partial charge in [0.25, 0.3) is 0 Å². The SMILES string of the molecule is CCOC(=O)CN1C(=S)N[C@@H](c2ccccn2)[C@H]1c1ccc(Sc2ccccc2)o1. The Morgan fingerprint density at radius 1 is 1.20 bits per heavy atom. The van der Waals surface area contributed by atoms with E-state index < -0.39 is 0 Å². The summed E-state index contributed by atoms with van der Waals surface area (Å²) in [6.45, 7) is 2.14. The number of esters is 1. The number of carbonyl (C=O) groups excluding carboxylic acids is 1. The highest BCUT2D eigenvalue weighted by atomic mass is 32.2. The van der Waals surface area contributed by atoms with Gasteiger partial charge in [-0.2, -0.15) is 0 Å². The molecule has 1 aliphatic rings. The van der Waals surface area contributed by atoms with Gasteiger partial charge in [-0.05, 0) is 55.5 Å². The summed E-state index contributed by atoms with van der Waals surface area (Å²) in [6, 6.07) is 19.1. The lowest BCUT2D eigenvalue weighted by molar-refractivity contribution is -0.143. The molecule has 0 spiro atoms. The van der Waals surface area contributed by atoms with Gasteiger partial charge in [-0.3, -0.25) is 9.78 Å². The van der Waals surface area contributed by atoms with Crippen molar-refractivity contribution in [3.8, 4) is 0 Å². The van der Waals surface area contributed by atoms with Gasteiger partial charge in [0.15, 0.2) is 10.2 Å². The molecule has 3 aromatic rings. The van der Waals surface area contributed by atoms with Gasteiger partial charge in [-0.25, -0.2) is 0 Å². The van der Waals surface area contributed by atoms with Gasteiger partial charge in [-0.1, -0.05) is 36.0 Å². The van der Waals surface area contributed by atoms with E-state index in [0.29, 0.717) is 17.5 Å². The molecule has 2 aromatic heterocycles. The number of carbonyl (C=O) groups is 1. The Morgan fingerprint density at radius 3 is 2.73 bits per heavy atom. The summed E-state index contributed by atoms with van der Waals surface area (Å²) in [5.41, 5.74) is 0.824. The van der Waals surface area contributed by atoms with Crippen LogP contribution in [0.2, 0.25) is 0 Å². The first kappa shape index (κ1) is 20.4. The molecule has 0 saturated carbocycles. The number of thiocarbonyl (C=S) groups is 1. The molecule has 0 amide bonds. The van der Waals surface area contributed by atoms with Gasteiger partial charge < -0.3 is 19.4 Å². The number of nitrogens with zero attached hydrogens (tertiary/aromatic N) is 2. The van der Waals surface area contributed by atoms with Crippen molar-refractivity contribution in [1.29, 1.82) is 0 Å². The summed E-state index contributed by atoms with van der Waals surface area (Å²) in [4.78, 5) is 19.6. The maximum absolute atomic E-state index is 12.2. The van der Waals surface area contributed by atoms with E-state index in [1.54, 1.807) is 24.9 Å². The minimum atomic E-state index is -0.334. The molecule has 4 rings (SSSR count). The van der Waals surface area contributed by atoms with E-state index in [9.17, 15) is 4.79 Å². The number of hydrogen-bond acceptors (Lipinski definition) is 6. The van der Waals surface area contributed by atoms with Crippen LogP contribution >= 0.6 is 24.0 Å². The van der Waals surface area contributed by atoms with E-state index in [0.717, 1.165) is 15.7 Å². The van der Waals surface area contributed by atoms with Gasteiger partial charge in [0.1, 0.15) is 18.3 Å². The quantitative estimate of drug-likeness (QED) is 0.430. The average molecular weight is 440 g/mol. The number of hydrogen-bond donors (Lipinski definition) is 1. The van der Waals surface area contributed by atoms with Gasteiger partial charge in [0.2, 0.25) is 0 Å². The van der Waals surface area contributed by atoms with Gasteiger partial charge in [-0.15, -0.1) is 0 Å². The van der Waals surface area contributed by atoms with Crippen LogP contribution in [0.3, 0.4) is 0 Å². The maximum atomic E-state index is 12.2. The van der Waals surface area contributed by atoms with Crippen molar-refractivity contribution < 1.29 is 13.9 Å². The second-order valence-corrected chi connectivity index (χ2v) is 8.10. The molecule has 6 nitrogen and oxygen atoms in total. The van der Waals surface area contributed by atoms with Crippen LogP contribution in [0.1, 0.15) is 30.5 Å². The zero-order valence-electron chi connectivity index (χ0n) is 16.4. The predicted molar refractivity (Wildman–Crippen MR) is 118 cm³/mol. The second kappa shape index (κ2) is 9.32. The molecular weight excluding hydrogens is 418 g/mol. The third-order valence-corrected chi connectivity index (χ3v) is 5.94. The lowest BCUT2D eigenvalue weighted by Gasteiger charge is -2.25. The smallest absolute Gasteiger partial charge is 0.325 e. The summed E-state index contributed by atoms with van der Waals surface area (Å²) >= 11 is 7.08. The molecule has 1 fully saturated rings. The van der Waals surface area contributed by atoms with Crippen LogP contribution < -0.4 is 5.32 Å². The lowest BCUT2D eigenvalue weighted by atomic mass is 10.0. The van der Waals surface area contributed by atoms with Crippen LogP contribution in [-0.2, 0) is 9.53 Å². The largest absolute Gasteiger partial charge is 0.465 e. The summed E-state index contributed by atoms with van der Waals surface area (Å²) in [6.07, 6.45) is 1.74. The highest BCUT2D eigenvalue weighted by Crippen LogP contribution is 2.41. The number of aromatic nitrogens is 1. The second-order valence-electron chi connectivity index (χ2n) is 6.63. The van der Waals surface area contributed by atoms with Crippen LogP contribution in [0.5, 0.6) is 0 Å². The van der Waals surface area contributed by atoms with Crippen LogP contribution in [0, 0.1) is 0 Å². The summed E-state index contributed by atoms with van der Waals surface area (Å²) in [7, 11) is 0. The third kappa shape index (κ3) is 4.49. The molecule has 1 aliphatic heterocycles. The molecular formula is C22H21N3O3S2. The van der Waals surface area contributed by atoms with Crippen molar-refractivity contribution in [3.05, 3.63) is 78.3 Å². The van der Waals surface area contributed by atoms with Crippen LogP contribution in [-0.4, -0.2) is 34.1 Å². The van der Waals surface area contributed by atoms with Crippen LogP contribution in [0.25, 0.3) is 0 Å². The predicted octanol–water partition coefficient (Wildman–Crippen LogP) is 4.36. The Hall–Kier alpha value is -2.84. The summed E-state index contributed by atoms with van der Waals surface area (Å²) < 4.78 is 11.3. The Bertz CT molecular complexity index is 1010. The minimum Gasteiger partial charge on any atom is -0.465 e. The number of benzene rings is 1. The van der Waals surface area contributed by atoms with Gasteiger partial charge >= 0.3 is 5.97 Å². The van der Waals surface area contributed by atoms with E-state index in [1.165, 1.54) is 0 Å². The molecule has 30 heavy (non-hydrogen) atoms. The Kier molecular flexibility index (Phi) is 6.35. The topological polar surface area (TPSA) is 67.6 Å². The Morgan fingerprint density at radius 2 is 2.00 bits per heavy atom. The zero-order chi connectivity index (χ0) is 20.9. The van der Waals surface area contributed by atoms with Crippen LogP contribution in [0.15, 0.2) is 81.3 Å². The van der Waals surface area contributed by atoms with E-state index in [2.05, 4.69) is 10.3 Å². The van der Waals surface area contributed by atoms with Crippen molar-refractivity contribution in [2.75, 3.05) is 13.2 Å². The molecule has 3 heterocycles. The fourth-order valence-electron chi connectivity index (χ4n) is 3.38. The van der Waals surface area contributed by atoms with Gasteiger partial charge in [0.05, 0.1) is 18.3 Å². The Labute approximate surface area is 184 Å². The average Bonchev–Trinajstić information content (AvgIpc) is 3.34. The Balaban J connectivity index is 1.64. The first-order valence-electron chi connectivity index (χ1n) is 9.62. The molecule has 154 valence electrons. The molecule has 0 unspecified atom stereocenters. The van der Waals surface area contributed by atoms with Gasteiger partial charge in [0, 0.05) is 11.1 Å². The van der Waals surface area contributed by atoms with Crippen molar-refractivity contribution in [2.24, 2.45) is 0 Å². The normalized spacial score (nSPS) is 18.3. The minimum absolute atomic E-state index is 0.0372. The standard InChI is InChI=1S/C22H21N3O3S2/c1-2-27-18(26)14-25-21(20(24-22(25)29)16-10-6-7-13-23-16)17-11-12-19(28-17)30-15-8-4-3-5-9-15/h3-13,20-21H,2,14H2,1H3,(H,24,29)/t20-,21+/m0/s1. The molecule has 1 aromatic carbocycles. The number of ether oxygens (including phenoxy) is 1. The van der Waals surface area contributed by atoms with E-state index in [-0.39, 0.29) is 24.6 Å². The van der Waals surface area contributed by atoms with Crippen molar-refractivity contribution >= 4 is 35.1 Å². The highest BCUT2D eigenvalue weighted by Gasteiger charge is 2.42. The number of furan rings is 1. The third-order valence-electron chi connectivity index (χ3n) is 4.66. The molecule has 0 bridgehead atoms. The fraction of sp³-hybridized carbons (Fsp3) is 0.227. The number of rotatable bonds is 7. The fourth-order valence-corrected chi connectivity index (χ4v) is 4.49. The van der Waals surface area contributed by atoms with E-state index >= 15 is 0 Å². The molecule has 0 radical (unpaired) electrons. The first-order chi connectivity index (χ1) is 14.7. The van der Waals surface area contributed by atoms with Crippen molar-refractivity contribution in [3.63, 3.8) is 0 Å². The molecule has 8 heteroatoms. The van der Waals surface area contributed by atoms with Crippen molar-refractivity contribution in [2.45, 2.75) is 29.0 Å². The number of pyridine rings is 1. The summed E-state index contributed by atoms with van der Waals surface area (Å²) in [5.74, 6) is 0.375. The highest BCUT2D eigenvalue weighted by molar-refractivity contribution is 7.99. The maximum Gasteiger partial charge on any atom is 0.325 e. The number of nitrogens with one attached hydrogen (secondary N) is 1. The first-order valence-corrected chi connectivity index (χ1v) is 10.8. The van der Waals surface area contributed by atoms with Crippen molar-refractivity contribution in [1.82, 2.24) is 15.2 Å². The monoisotopic (exact) mass is 439 g/mol. The molecule has 0 aliphatic carbocycles. The summed E-state index contributed by atoms with van der Waals surface area (Å²) in [5, 5.41) is 4.53. The van der Waals surface area contributed by atoms with E-state index in [4.69, 9.17) is 21.4 Å². The molecule has 2 atom stereocenters. The zero-order valence-corrected chi connectivity index (χ0v) is 18.0.